The number of likely N-dealkylation sites (tertiary alicyclic amines) is 1. The van der Waals surface area contributed by atoms with E-state index in [1.807, 2.05) is 0 Å². The molecular weight excluding hydrogens is 212 g/mol. The molecule has 17 heavy (non-hydrogen) atoms. The van der Waals surface area contributed by atoms with Crippen molar-refractivity contribution in [2.45, 2.75) is 51.0 Å². The van der Waals surface area contributed by atoms with Gasteiger partial charge in [0.1, 0.15) is 0 Å². The van der Waals surface area contributed by atoms with Crippen LogP contribution in [0.1, 0.15) is 45.4 Å². The highest BCUT2D eigenvalue weighted by atomic mass is 16.5. The maximum absolute atomic E-state index is 6.15. The molecule has 2 saturated heterocycles. The first-order valence-electron chi connectivity index (χ1n) is 7.32. The van der Waals surface area contributed by atoms with Crippen LogP contribution >= 0.6 is 0 Å². The summed E-state index contributed by atoms with van der Waals surface area (Å²) in [6.45, 7) is 7.34. The number of nitrogens with zero attached hydrogens (tertiary/aromatic N) is 1. The summed E-state index contributed by atoms with van der Waals surface area (Å²) in [7, 11) is 0. The molecular formula is C14H28N2O. The maximum atomic E-state index is 6.15. The molecule has 0 aromatic rings. The lowest BCUT2D eigenvalue weighted by molar-refractivity contribution is -0.0682. The summed E-state index contributed by atoms with van der Waals surface area (Å²) < 4.78 is 5.60. The fourth-order valence-corrected chi connectivity index (χ4v) is 3.51. The van der Waals surface area contributed by atoms with Gasteiger partial charge in [-0.2, -0.15) is 0 Å². The van der Waals surface area contributed by atoms with Gasteiger partial charge in [-0.05, 0) is 38.3 Å². The standard InChI is InChI=1S/C14H28N2O/c1-13-11-17-10-7-14(13,12-15)16-8-5-3-2-4-6-9-16/h13H,2-12,15H2,1H3. The first-order valence-corrected chi connectivity index (χ1v) is 7.32. The summed E-state index contributed by atoms with van der Waals surface area (Å²) in [5.74, 6) is 0.570. The lowest BCUT2D eigenvalue weighted by Gasteiger charge is -2.50. The van der Waals surface area contributed by atoms with Gasteiger partial charge in [0.2, 0.25) is 0 Å². The van der Waals surface area contributed by atoms with E-state index in [4.69, 9.17) is 10.5 Å². The molecule has 0 radical (unpaired) electrons. The third-order valence-electron chi connectivity index (χ3n) is 4.80. The van der Waals surface area contributed by atoms with Crippen LogP contribution in [0.4, 0.5) is 0 Å². The minimum absolute atomic E-state index is 0.218. The molecule has 2 N–H and O–H groups in total. The van der Waals surface area contributed by atoms with Crippen molar-refractivity contribution in [3.63, 3.8) is 0 Å². The van der Waals surface area contributed by atoms with Gasteiger partial charge >= 0.3 is 0 Å². The molecule has 0 amide bonds. The SMILES string of the molecule is CC1COCCC1(CN)N1CCCCCCC1. The van der Waals surface area contributed by atoms with Crippen LogP contribution < -0.4 is 5.73 Å². The highest BCUT2D eigenvalue weighted by Gasteiger charge is 2.42. The van der Waals surface area contributed by atoms with E-state index < -0.39 is 0 Å². The predicted molar refractivity (Wildman–Crippen MR) is 71.0 cm³/mol. The van der Waals surface area contributed by atoms with Crippen molar-refractivity contribution in [3.05, 3.63) is 0 Å². The Bertz CT molecular complexity index is 226. The molecule has 0 aromatic heterocycles. The van der Waals surface area contributed by atoms with Crippen LogP contribution in [0, 0.1) is 5.92 Å². The number of nitrogens with two attached hydrogens (primary N) is 1. The first-order chi connectivity index (χ1) is 8.29. The van der Waals surface area contributed by atoms with E-state index in [-0.39, 0.29) is 5.54 Å². The number of hydrogen-bond donors (Lipinski definition) is 1. The van der Waals surface area contributed by atoms with Crippen LogP contribution in [-0.2, 0) is 4.74 Å². The number of ether oxygens (including phenoxy) is 1. The van der Waals surface area contributed by atoms with E-state index >= 15 is 0 Å². The summed E-state index contributed by atoms with van der Waals surface area (Å²) in [5.41, 5.74) is 6.37. The van der Waals surface area contributed by atoms with E-state index in [2.05, 4.69) is 11.8 Å². The molecule has 3 heteroatoms. The van der Waals surface area contributed by atoms with E-state index in [1.165, 1.54) is 45.2 Å². The molecule has 2 aliphatic rings. The topological polar surface area (TPSA) is 38.5 Å². The lowest BCUT2D eigenvalue weighted by atomic mass is 9.79. The second-order valence-electron chi connectivity index (χ2n) is 5.79. The summed E-state index contributed by atoms with van der Waals surface area (Å²) in [4.78, 5) is 2.69. The van der Waals surface area contributed by atoms with Crippen molar-refractivity contribution in [2.24, 2.45) is 11.7 Å². The fraction of sp³-hybridized carbons (Fsp3) is 1.00. The zero-order chi connectivity index (χ0) is 12.1. The summed E-state index contributed by atoms with van der Waals surface area (Å²) in [6, 6.07) is 0. The second-order valence-corrected chi connectivity index (χ2v) is 5.79. The third kappa shape index (κ3) is 2.83. The van der Waals surface area contributed by atoms with Gasteiger partial charge in [-0.25, -0.2) is 0 Å². The van der Waals surface area contributed by atoms with Crippen LogP contribution in [0.25, 0.3) is 0 Å². The quantitative estimate of drug-likeness (QED) is 0.802. The normalized spacial score (nSPS) is 37.4. The molecule has 0 aromatic carbocycles. The second kappa shape index (κ2) is 6.17. The predicted octanol–water partition coefficient (Wildman–Crippen LogP) is 2.01. The molecule has 3 nitrogen and oxygen atoms in total. The smallest absolute Gasteiger partial charge is 0.0509 e. The van der Waals surface area contributed by atoms with Crippen LogP contribution in [0.5, 0.6) is 0 Å². The van der Waals surface area contributed by atoms with Gasteiger partial charge in [0.15, 0.2) is 0 Å². The van der Waals surface area contributed by atoms with Crippen LogP contribution in [-0.4, -0.2) is 43.3 Å². The minimum atomic E-state index is 0.218. The maximum Gasteiger partial charge on any atom is 0.0509 e. The molecule has 2 fully saturated rings. The first kappa shape index (κ1) is 13.3. The van der Waals surface area contributed by atoms with Gasteiger partial charge in [-0.3, -0.25) is 4.90 Å². The van der Waals surface area contributed by atoms with E-state index in [9.17, 15) is 0 Å². The van der Waals surface area contributed by atoms with E-state index in [0.717, 1.165) is 26.2 Å². The van der Waals surface area contributed by atoms with Crippen LogP contribution in [0.15, 0.2) is 0 Å². The largest absolute Gasteiger partial charge is 0.381 e. The molecule has 100 valence electrons. The monoisotopic (exact) mass is 240 g/mol. The molecule has 0 bridgehead atoms. The Kier molecular flexibility index (Phi) is 4.83. The van der Waals surface area contributed by atoms with E-state index in [0.29, 0.717) is 5.92 Å². The Labute approximate surface area is 106 Å². The molecule has 2 atom stereocenters. The zero-order valence-electron chi connectivity index (χ0n) is 11.3. The molecule has 2 aliphatic heterocycles. The Balaban J connectivity index is 2.07. The highest BCUT2D eigenvalue weighted by molar-refractivity contribution is 4.98. The zero-order valence-corrected chi connectivity index (χ0v) is 11.3. The molecule has 0 saturated carbocycles. The van der Waals surface area contributed by atoms with Crippen LogP contribution in [0.3, 0.4) is 0 Å². The Morgan fingerprint density at radius 2 is 1.82 bits per heavy atom. The van der Waals surface area contributed by atoms with Gasteiger partial charge in [0.05, 0.1) is 6.61 Å². The Hall–Kier alpha value is -0.120. The van der Waals surface area contributed by atoms with Gasteiger partial charge < -0.3 is 10.5 Å². The number of hydrogen-bond acceptors (Lipinski definition) is 3. The van der Waals surface area contributed by atoms with Crippen molar-refractivity contribution in [2.75, 3.05) is 32.8 Å². The van der Waals surface area contributed by atoms with Gasteiger partial charge in [-0.15, -0.1) is 0 Å². The van der Waals surface area contributed by atoms with Crippen LogP contribution in [0.2, 0.25) is 0 Å². The van der Waals surface area contributed by atoms with Gasteiger partial charge in [-0.1, -0.05) is 26.2 Å². The van der Waals surface area contributed by atoms with Crippen molar-refractivity contribution < 1.29 is 4.74 Å². The fourth-order valence-electron chi connectivity index (χ4n) is 3.51. The molecule has 2 heterocycles. The molecule has 2 unspecified atom stereocenters. The lowest BCUT2D eigenvalue weighted by Crippen LogP contribution is -2.62. The summed E-state index contributed by atoms with van der Waals surface area (Å²) in [5, 5.41) is 0. The Morgan fingerprint density at radius 3 is 2.41 bits per heavy atom. The average Bonchev–Trinajstić information content (AvgIpc) is 2.30. The highest BCUT2D eigenvalue weighted by Crippen LogP contribution is 2.33. The van der Waals surface area contributed by atoms with Gasteiger partial charge in [0.25, 0.3) is 0 Å². The molecule has 0 aliphatic carbocycles. The van der Waals surface area contributed by atoms with E-state index in [1.54, 1.807) is 0 Å². The average molecular weight is 240 g/mol. The number of rotatable bonds is 2. The summed E-state index contributed by atoms with van der Waals surface area (Å²) in [6.07, 6.45) is 8.00. The van der Waals surface area contributed by atoms with Gasteiger partial charge in [0, 0.05) is 18.7 Å². The van der Waals surface area contributed by atoms with Crippen molar-refractivity contribution in [1.29, 1.82) is 0 Å². The van der Waals surface area contributed by atoms with Crippen molar-refractivity contribution in [3.8, 4) is 0 Å². The van der Waals surface area contributed by atoms with Crippen molar-refractivity contribution in [1.82, 2.24) is 4.90 Å². The molecule has 0 spiro atoms. The van der Waals surface area contributed by atoms with Crippen molar-refractivity contribution >= 4 is 0 Å². The summed E-state index contributed by atoms with van der Waals surface area (Å²) >= 11 is 0. The molecule has 2 rings (SSSR count). The third-order valence-corrected chi connectivity index (χ3v) is 4.80. The minimum Gasteiger partial charge on any atom is -0.381 e. The Morgan fingerprint density at radius 1 is 1.18 bits per heavy atom.